The fourth-order valence-electron chi connectivity index (χ4n) is 3.50. The summed E-state index contributed by atoms with van der Waals surface area (Å²) in [5.74, 6) is -0.430. The monoisotopic (exact) mass is 475 g/mol. The van der Waals surface area contributed by atoms with Gasteiger partial charge in [-0.15, -0.1) is 0 Å². The number of H-pyrrole nitrogens is 1. The van der Waals surface area contributed by atoms with Crippen molar-refractivity contribution in [1.82, 2.24) is 14.1 Å². The fourth-order valence-corrected chi connectivity index (χ4v) is 3.76. The summed E-state index contributed by atoms with van der Waals surface area (Å²) in [5.41, 5.74) is 5.38. The standard InChI is InChI=1S/C22H26ClN5O5/c1-4-7-28-19(24)18(20(29)25-22(28)31)27(10-11-32-2)21(30)14-12-15(23)16(13-17(14)33-3)26-8-5-6-9-26/h5-6,8-9,12-13H,4,7,10-11,24H2,1-3H3,(H,25,29,31). The minimum Gasteiger partial charge on any atom is -0.496 e. The normalized spacial score (nSPS) is 10.9. The molecule has 0 spiro atoms. The van der Waals surface area contributed by atoms with Crippen LogP contribution < -0.4 is 26.6 Å². The van der Waals surface area contributed by atoms with Crippen molar-refractivity contribution >= 4 is 29.0 Å². The largest absolute Gasteiger partial charge is 0.496 e. The number of amides is 1. The number of ether oxygens (including phenoxy) is 2. The summed E-state index contributed by atoms with van der Waals surface area (Å²) in [4.78, 5) is 42.1. The second-order valence-electron chi connectivity index (χ2n) is 7.19. The van der Waals surface area contributed by atoms with Gasteiger partial charge in [0.05, 0.1) is 30.0 Å². The maximum Gasteiger partial charge on any atom is 0.330 e. The number of aromatic amines is 1. The van der Waals surface area contributed by atoms with Crippen LogP contribution in [-0.2, 0) is 11.3 Å². The number of hydrogen-bond donors (Lipinski definition) is 2. The minimum atomic E-state index is -0.775. The van der Waals surface area contributed by atoms with Crippen LogP contribution in [0.3, 0.4) is 0 Å². The number of methoxy groups -OCH3 is 2. The number of halogens is 1. The molecule has 0 aliphatic heterocycles. The number of benzene rings is 1. The molecule has 0 bridgehead atoms. The predicted octanol–water partition coefficient (Wildman–Crippen LogP) is 2.27. The topological polar surface area (TPSA) is 125 Å². The zero-order chi connectivity index (χ0) is 24.1. The van der Waals surface area contributed by atoms with Crippen molar-refractivity contribution in [3.8, 4) is 11.4 Å². The Morgan fingerprint density at radius 3 is 2.52 bits per heavy atom. The number of hydrogen-bond acceptors (Lipinski definition) is 6. The number of carbonyl (C=O) groups excluding carboxylic acids is 1. The smallest absolute Gasteiger partial charge is 0.330 e. The van der Waals surface area contributed by atoms with E-state index in [1.54, 1.807) is 10.6 Å². The first-order valence-corrected chi connectivity index (χ1v) is 10.7. The molecule has 3 rings (SSSR count). The number of nitrogens with one attached hydrogen (secondary N) is 1. The van der Waals surface area contributed by atoms with Gasteiger partial charge in [-0.1, -0.05) is 18.5 Å². The third-order valence-corrected chi connectivity index (χ3v) is 5.38. The van der Waals surface area contributed by atoms with E-state index in [1.807, 2.05) is 31.5 Å². The molecular formula is C22H26ClN5O5. The maximum absolute atomic E-state index is 13.7. The molecule has 0 aliphatic rings. The molecule has 11 heteroatoms. The van der Waals surface area contributed by atoms with Crippen LogP contribution in [0.25, 0.3) is 5.69 Å². The quantitative estimate of drug-likeness (QED) is 0.489. The molecule has 0 fully saturated rings. The lowest BCUT2D eigenvalue weighted by molar-refractivity contribution is 0.0972. The third kappa shape index (κ3) is 4.81. The van der Waals surface area contributed by atoms with Gasteiger partial charge in [0.1, 0.15) is 11.6 Å². The van der Waals surface area contributed by atoms with Crippen LogP contribution in [0.15, 0.2) is 46.2 Å². The van der Waals surface area contributed by atoms with E-state index >= 15 is 0 Å². The molecular weight excluding hydrogens is 450 g/mol. The van der Waals surface area contributed by atoms with Crippen molar-refractivity contribution in [2.24, 2.45) is 0 Å². The van der Waals surface area contributed by atoms with E-state index in [2.05, 4.69) is 4.98 Å². The Balaban J connectivity index is 2.16. The molecule has 2 aromatic heterocycles. The highest BCUT2D eigenvalue weighted by Crippen LogP contribution is 2.32. The average molecular weight is 476 g/mol. The van der Waals surface area contributed by atoms with E-state index in [0.29, 0.717) is 17.1 Å². The molecule has 2 heterocycles. The molecule has 0 radical (unpaired) electrons. The van der Waals surface area contributed by atoms with Gasteiger partial charge >= 0.3 is 5.69 Å². The van der Waals surface area contributed by atoms with Crippen molar-refractivity contribution in [2.75, 3.05) is 38.0 Å². The van der Waals surface area contributed by atoms with Gasteiger partial charge in [-0.25, -0.2) is 4.79 Å². The summed E-state index contributed by atoms with van der Waals surface area (Å²) in [6, 6.07) is 6.79. The van der Waals surface area contributed by atoms with E-state index in [-0.39, 0.29) is 42.5 Å². The predicted molar refractivity (Wildman–Crippen MR) is 127 cm³/mol. The number of aromatic nitrogens is 3. The van der Waals surface area contributed by atoms with E-state index in [1.165, 1.54) is 29.8 Å². The molecule has 10 nitrogen and oxygen atoms in total. The average Bonchev–Trinajstić information content (AvgIpc) is 3.32. The molecule has 0 unspecified atom stereocenters. The second-order valence-corrected chi connectivity index (χ2v) is 7.60. The summed E-state index contributed by atoms with van der Waals surface area (Å²) in [5, 5.41) is 0.305. The van der Waals surface area contributed by atoms with Gasteiger partial charge < -0.3 is 19.8 Å². The lowest BCUT2D eigenvalue weighted by atomic mass is 10.1. The highest BCUT2D eigenvalue weighted by molar-refractivity contribution is 6.33. The van der Waals surface area contributed by atoms with E-state index < -0.39 is 17.2 Å². The molecule has 0 atom stereocenters. The first-order valence-electron chi connectivity index (χ1n) is 10.3. The Labute approximate surface area is 195 Å². The molecule has 0 saturated heterocycles. The van der Waals surface area contributed by atoms with Crippen molar-refractivity contribution in [1.29, 1.82) is 0 Å². The Kier molecular flexibility index (Phi) is 7.62. The molecule has 176 valence electrons. The Morgan fingerprint density at radius 2 is 1.91 bits per heavy atom. The molecule has 3 aromatic rings. The number of carbonyl (C=O) groups is 1. The Hall–Kier alpha value is -3.50. The number of nitrogen functional groups attached to an aromatic ring is 1. The zero-order valence-corrected chi connectivity index (χ0v) is 19.4. The van der Waals surface area contributed by atoms with Crippen LogP contribution >= 0.6 is 11.6 Å². The Bertz CT molecular complexity index is 1250. The minimum absolute atomic E-state index is 0.00701. The first kappa shape index (κ1) is 24.1. The molecule has 1 amide bonds. The summed E-state index contributed by atoms with van der Waals surface area (Å²) in [7, 11) is 2.90. The number of anilines is 2. The second kappa shape index (κ2) is 10.4. The Morgan fingerprint density at radius 1 is 1.21 bits per heavy atom. The summed E-state index contributed by atoms with van der Waals surface area (Å²) in [6.07, 6.45) is 4.22. The van der Waals surface area contributed by atoms with Crippen LogP contribution in [0.5, 0.6) is 5.75 Å². The van der Waals surface area contributed by atoms with Gasteiger partial charge in [0.15, 0.2) is 5.69 Å². The van der Waals surface area contributed by atoms with E-state index in [9.17, 15) is 14.4 Å². The lowest BCUT2D eigenvalue weighted by Crippen LogP contribution is -2.42. The van der Waals surface area contributed by atoms with Gasteiger partial charge in [0.2, 0.25) is 0 Å². The first-order chi connectivity index (χ1) is 15.8. The SMILES string of the molecule is CCCn1c(N)c(N(CCOC)C(=O)c2cc(Cl)c(-n3cccc3)cc2OC)c(=O)[nH]c1=O. The van der Waals surface area contributed by atoms with Gasteiger partial charge in [0, 0.05) is 38.7 Å². The zero-order valence-electron chi connectivity index (χ0n) is 18.6. The summed E-state index contributed by atoms with van der Waals surface area (Å²) >= 11 is 6.49. The number of nitrogens with two attached hydrogens (primary N) is 1. The molecule has 0 aliphatic carbocycles. The lowest BCUT2D eigenvalue weighted by Gasteiger charge is -2.25. The van der Waals surface area contributed by atoms with E-state index in [4.69, 9.17) is 26.8 Å². The van der Waals surface area contributed by atoms with Crippen molar-refractivity contribution in [3.05, 3.63) is 68.1 Å². The number of rotatable bonds is 9. The maximum atomic E-state index is 13.7. The fraction of sp³-hybridized carbons (Fsp3) is 0.318. The van der Waals surface area contributed by atoms with Gasteiger partial charge in [-0.05, 0) is 24.6 Å². The van der Waals surface area contributed by atoms with Gasteiger partial charge in [-0.3, -0.25) is 24.0 Å². The molecule has 1 aromatic carbocycles. The third-order valence-electron chi connectivity index (χ3n) is 5.08. The van der Waals surface area contributed by atoms with Crippen molar-refractivity contribution in [2.45, 2.75) is 19.9 Å². The highest BCUT2D eigenvalue weighted by atomic mass is 35.5. The van der Waals surface area contributed by atoms with Crippen LogP contribution in [-0.4, -0.2) is 47.4 Å². The van der Waals surface area contributed by atoms with E-state index in [0.717, 1.165) is 0 Å². The van der Waals surface area contributed by atoms with Crippen LogP contribution in [0.2, 0.25) is 5.02 Å². The van der Waals surface area contributed by atoms with Gasteiger partial charge in [-0.2, -0.15) is 0 Å². The van der Waals surface area contributed by atoms with Crippen molar-refractivity contribution < 1.29 is 14.3 Å². The number of nitrogens with zero attached hydrogens (tertiary/aromatic N) is 3. The van der Waals surface area contributed by atoms with Crippen LogP contribution in [0.4, 0.5) is 11.5 Å². The van der Waals surface area contributed by atoms with Crippen molar-refractivity contribution in [3.63, 3.8) is 0 Å². The summed E-state index contributed by atoms with van der Waals surface area (Å²) in [6.45, 7) is 2.27. The summed E-state index contributed by atoms with van der Waals surface area (Å²) < 4.78 is 13.6. The molecule has 3 N–H and O–H groups in total. The molecule has 0 saturated carbocycles. The highest BCUT2D eigenvalue weighted by Gasteiger charge is 2.28. The molecule has 33 heavy (non-hydrogen) atoms. The van der Waals surface area contributed by atoms with Crippen LogP contribution in [0, 0.1) is 0 Å². The van der Waals surface area contributed by atoms with Gasteiger partial charge in [0.25, 0.3) is 11.5 Å². The van der Waals surface area contributed by atoms with Crippen LogP contribution in [0.1, 0.15) is 23.7 Å².